The van der Waals surface area contributed by atoms with Gasteiger partial charge in [0.2, 0.25) is 0 Å². The van der Waals surface area contributed by atoms with Crippen molar-refractivity contribution in [3.8, 4) is 0 Å². The Balaban J connectivity index is 3.86. The molecular formula is C6H10O2S. The minimum atomic E-state index is -0.375. The zero-order valence-corrected chi connectivity index (χ0v) is 6.44. The molecule has 0 atom stereocenters. The second kappa shape index (κ2) is 4.44. The van der Waals surface area contributed by atoms with Crippen LogP contribution < -0.4 is 0 Å². The van der Waals surface area contributed by atoms with Crippen LogP contribution in [0.1, 0.15) is 20.3 Å². The van der Waals surface area contributed by atoms with E-state index in [9.17, 15) is 4.79 Å². The average molecular weight is 146 g/mol. The fraction of sp³-hybridized carbons (Fsp3) is 0.500. The fourth-order valence-electron chi connectivity index (χ4n) is 0.462. The normalized spacial score (nSPS) is 11.2. The Morgan fingerprint density at radius 2 is 2.33 bits per heavy atom. The Morgan fingerprint density at radius 3 is 2.67 bits per heavy atom. The molecule has 0 spiro atoms. The number of thiol groups is 1. The molecular weight excluding hydrogens is 136 g/mol. The summed E-state index contributed by atoms with van der Waals surface area (Å²) in [5, 5.41) is 0. The first kappa shape index (κ1) is 8.56. The summed E-state index contributed by atoms with van der Waals surface area (Å²) >= 11 is 3.36. The number of carbonyl (C=O) groups is 1. The van der Waals surface area contributed by atoms with E-state index in [0.29, 0.717) is 5.57 Å². The van der Waals surface area contributed by atoms with E-state index in [2.05, 4.69) is 17.1 Å². The molecule has 3 heteroatoms. The lowest BCUT2D eigenvalue weighted by Gasteiger charge is -1.93. The molecule has 0 rings (SSSR count). The maximum absolute atomic E-state index is 10.5. The third-order valence-electron chi connectivity index (χ3n) is 0.915. The summed E-state index contributed by atoms with van der Waals surface area (Å²) in [5.74, 6) is -0.375. The largest absolute Gasteiger partial charge is 0.391 e. The molecule has 0 aliphatic carbocycles. The fourth-order valence-corrected chi connectivity index (χ4v) is 0.606. The Hall–Kier alpha value is -0.440. The molecule has 0 aliphatic heterocycles. The zero-order valence-electron chi connectivity index (χ0n) is 5.55. The van der Waals surface area contributed by atoms with Crippen LogP contribution in [0.5, 0.6) is 0 Å². The van der Waals surface area contributed by atoms with Gasteiger partial charge in [0.1, 0.15) is 0 Å². The van der Waals surface area contributed by atoms with E-state index in [4.69, 9.17) is 0 Å². The molecule has 0 aliphatic rings. The van der Waals surface area contributed by atoms with Gasteiger partial charge in [-0.3, -0.25) is 0 Å². The average Bonchev–Trinajstić information content (AvgIpc) is 1.87. The summed E-state index contributed by atoms with van der Waals surface area (Å²) in [5.41, 5.74) is 0.604. The van der Waals surface area contributed by atoms with Crippen LogP contribution in [-0.4, -0.2) is 5.97 Å². The maximum atomic E-state index is 10.5. The van der Waals surface area contributed by atoms with E-state index in [1.807, 2.05) is 6.92 Å². The van der Waals surface area contributed by atoms with E-state index >= 15 is 0 Å². The molecule has 0 N–H and O–H groups in total. The minimum absolute atomic E-state index is 0.375. The predicted octanol–water partition coefficient (Wildman–Crippen LogP) is 1.73. The Morgan fingerprint density at radius 1 is 1.78 bits per heavy atom. The Labute approximate surface area is 60.5 Å². The van der Waals surface area contributed by atoms with Gasteiger partial charge in [-0.15, -0.1) is 0 Å². The van der Waals surface area contributed by atoms with Crippen LogP contribution in [-0.2, 0) is 8.98 Å². The molecule has 0 unspecified atom stereocenters. The molecule has 9 heavy (non-hydrogen) atoms. The zero-order chi connectivity index (χ0) is 7.28. The summed E-state index contributed by atoms with van der Waals surface area (Å²) in [4.78, 5) is 10.5. The number of allylic oxidation sites excluding steroid dienone is 1. The lowest BCUT2D eigenvalue weighted by atomic mass is 10.2. The van der Waals surface area contributed by atoms with Crippen molar-refractivity contribution in [2.75, 3.05) is 0 Å². The first-order chi connectivity index (χ1) is 4.22. The van der Waals surface area contributed by atoms with Gasteiger partial charge < -0.3 is 4.18 Å². The van der Waals surface area contributed by atoms with Gasteiger partial charge in [-0.05, 0) is 13.3 Å². The number of hydrogen-bond donors (Lipinski definition) is 1. The summed E-state index contributed by atoms with van der Waals surface area (Å²) < 4.78 is 4.15. The van der Waals surface area contributed by atoms with Gasteiger partial charge in [-0.25, -0.2) is 4.79 Å². The highest BCUT2D eigenvalue weighted by Gasteiger charge is 2.00. The lowest BCUT2D eigenvalue weighted by Crippen LogP contribution is -1.97. The SMILES string of the molecule is CCC=C(C)C(=O)OS. The summed E-state index contributed by atoms with van der Waals surface area (Å²) in [6.07, 6.45) is 2.63. The highest BCUT2D eigenvalue weighted by molar-refractivity contribution is 7.75. The highest BCUT2D eigenvalue weighted by Crippen LogP contribution is 1.98. The quantitative estimate of drug-likeness (QED) is 0.365. The van der Waals surface area contributed by atoms with Gasteiger partial charge in [-0.2, -0.15) is 0 Å². The topological polar surface area (TPSA) is 26.3 Å². The molecule has 2 nitrogen and oxygen atoms in total. The van der Waals surface area contributed by atoms with Crippen molar-refractivity contribution in [1.29, 1.82) is 0 Å². The molecule has 0 saturated heterocycles. The van der Waals surface area contributed by atoms with Crippen LogP contribution >= 0.6 is 12.9 Å². The van der Waals surface area contributed by atoms with Crippen LogP contribution in [0.3, 0.4) is 0 Å². The lowest BCUT2D eigenvalue weighted by molar-refractivity contribution is -0.128. The first-order valence-electron chi connectivity index (χ1n) is 2.74. The molecule has 0 aromatic carbocycles. The van der Waals surface area contributed by atoms with Gasteiger partial charge in [0.25, 0.3) is 0 Å². The van der Waals surface area contributed by atoms with Crippen molar-refractivity contribution in [1.82, 2.24) is 0 Å². The van der Waals surface area contributed by atoms with Crippen LogP contribution in [0, 0.1) is 0 Å². The second-order valence-corrected chi connectivity index (χ2v) is 1.86. The van der Waals surface area contributed by atoms with Crippen LogP contribution in [0.15, 0.2) is 11.6 Å². The van der Waals surface area contributed by atoms with Crippen molar-refractivity contribution < 1.29 is 8.98 Å². The summed E-state index contributed by atoms with van der Waals surface area (Å²) in [6.45, 7) is 3.65. The standard InChI is InChI=1S/C6H10O2S/c1-3-4-5(2)6(7)8-9/h4,9H,3H2,1-2H3. The monoisotopic (exact) mass is 146 g/mol. The van der Waals surface area contributed by atoms with E-state index < -0.39 is 0 Å². The van der Waals surface area contributed by atoms with Crippen molar-refractivity contribution in [3.05, 3.63) is 11.6 Å². The number of rotatable bonds is 2. The van der Waals surface area contributed by atoms with Crippen LogP contribution in [0.4, 0.5) is 0 Å². The molecule has 0 saturated carbocycles. The van der Waals surface area contributed by atoms with E-state index in [1.54, 1.807) is 13.0 Å². The second-order valence-electron chi connectivity index (χ2n) is 1.67. The highest BCUT2D eigenvalue weighted by atomic mass is 32.1. The molecule has 0 fully saturated rings. The molecule has 0 bridgehead atoms. The molecule has 0 aromatic heterocycles. The minimum Gasteiger partial charge on any atom is -0.391 e. The molecule has 0 aromatic rings. The Kier molecular flexibility index (Phi) is 4.22. The van der Waals surface area contributed by atoms with Crippen molar-refractivity contribution in [2.24, 2.45) is 0 Å². The number of hydrogen-bond acceptors (Lipinski definition) is 3. The Bertz CT molecular complexity index is 129. The predicted molar refractivity (Wildman–Crippen MR) is 39.1 cm³/mol. The van der Waals surface area contributed by atoms with Crippen molar-refractivity contribution >= 4 is 18.9 Å². The number of carbonyl (C=O) groups excluding carboxylic acids is 1. The van der Waals surface area contributed by atoms with E-state index in [0.717, 1.165) is 6.42 Å². The third kappa shape index (κ3) is 3.19. The molecule has 52 valence electrons. The molecule has 0 amide bonds. The van der Waals surface area contributed by atoms with E-state index in [1.165, 1.54) is 0 Å². The molecule has 0 radical (unpaired) electrons. The van der Waals surface area contributed by atoms with Crippen molar-refractivity contribution in [2.45, 2.75) is 20.3 Å². The van der Waals surface area contributed by atoms with Gasteiger partial charge in [0.15, 0.2) is 0 Å². The van der Waals surface area contributed by atoms with Crippen LogP contribution in [0.2, 0.25) is 0 Å². The van der Waals surface area contributed by atoms with Gasteiger partial charge in [0.05, 0.1) is 0 Å². The summed E-state index contributed by atoms with van der Waals surface area (Å²) in [7, 11) is 0. The summed E-state index contributed by atoms with van der Waals surface area (Å²) in [6, 6.07) is 0. The maximum Gasteiger partial charge on any atom is 0.345 e. The van der Waals surface area contributed by atoms with Crippen LogP contribution in [0.25, 0.3) is 0 Å². The van der Waals surface area contributed by atoms with Gasteiger partial charge >= 0.3 is 5.97 Å². The third-order valence-corrected chi connectivity index (χ3v) is 1.08. The first-order valence-corrected chi connectivity index (χ1v) is 3.11. The molecule has 0 heterocycles. The van der Waals surface area contributed by atoms with Gasteiger partial charge in [-0.1, -0.05) is 13.0 Å². The van der Waals surface area contributed by atoms with Crippen molar-refractivity contribution in [3.63, 3.8) is 0 Å². The van der Waals surface area contributed by atoms with E-state index in [-0.39, 0.29) is 5.97 Å². The van der Waals surface area contributed by atoms with Gasteiger partial charge in [0, 0.05) is 18.5 Å². The smallest absolute Gasteiger partial charge is 0.345 e.